The summed E-state index contributed by atoms with van der Waals surface area (Å²) in [5.74, 6) is 2.86. The van der Waals surface area contributed by atoms with Crippen molar-refractivity contribution in [2.24, 2.45) is 4.99 Å². The van der Waals surface area contributed by atoms with Crippen LogP contribution in [0.2, 0.25) is 10.0 Å². The van der Waals surface area contributed by atoms with E-state index in [1.807, 2.05) is 19.1 Å². The third kappa shape index (κ3) is 5.51. The molecule has 3 aromatic rings. The molecule has 0 bridgehead atoms. The number of rotatable bonds is 8. The van der Waals surface area contributed by atoms with Gasteiger partial charge in [-0.05, 0) is 56.7 Å². The zero-order valence-electron chi connectivity index (χ0n) is 20.9. The number of hydrogen-bond acceptors (Lipinski definition) is 7. The maximum atomic E-state index is 13.8. The van der Waals surface area contributed by atoms with Crippen molar-refractivity contribution in [2.45, 2.75) is 26.8 Å². The van der Waals surface area contributed by atoms with Crippen molar-refractivity contribution in [1.82, 2.24) is 4.57 Å². The summed E-state index contributed by atoms with van der Waals surface area (Å²) in [5.41, 5.74) is 1.61. The Kier molecular flexibility index (Phi) is 8.62. The maximum Gasteiger partial charge on any atom is 0.338 e. The maximum absolute atomic E-state index is 13.8. The van der Waals surface area contributed by atoms with Gasteiger partial charge in [-0.2, -0.15) is 0 Å². The predicted molar refractivity (Wildman–Crippen MR) is 149 cm³/mol. The number of esters is 1. The topological polar surface area (TPSA) is 79.1 Å². The van der Waals surface area contributed by atoms with Gasteiger partial charge in [0.1, 0.15) is 18.1 Å². The molecule has 0 aliphatic carbocycles. The lowest BCUT2D eigenvalue weighted by atomic mass is 9.96. The fourth-order valence-electron chi connectivity index (χ4n) is 4.11. The van der Waals surface area contributed by atoms with Crippen molar-refractivity contribution < 1.29 is 19.0 Å². The number of nitrogens with zero attached hydrogens (tertiary/aromatic N) is 2. The summed E-state index contributed by atoms with van der Waals surface area (Å²) in [4.78, 5) is 31.9. The first-order valence-corrected chi connectivity index (χ1v) is 13.3. The number of halogens is 2. The van der Waals surface area contributed by atoms with Gasteiger partial charge in [-0.1, -0.05) is 52.6 Å². The van der Waals surface area contributed by atoms with E-state index in [2.05, 4.69) is 10.9 Å². The lowest BCUT2D eigenvalue weighted by molar-refractivity contribution is -0.139. The highest BCUT2D eigenvalue weighted by Crippen LogP contribution is 2.34. The van der Waals surface area contributed by atoms with Crippen molar-refractivity contribution in [1.29, 1.82) is 0 Å². The first-order chi connectivity index (χ1) is 18.3. The molecule has 0 spiro atoms. The Morgan fingerprint density at radius 1 is 1.18 bits per heavy atom. The van der Waals surface area contributed by atoms with Crippen molar-refractivity contribution >= 4 is 46.6 Å². The standard InChI is InChI=1S/C28H24Cl2N2O5S/c1-5-12-37-25-18(13-19(29)15-21(25)30)14-22-26(33)32-24(17-8-10-20(11-9-17)35-6-2)23(27(34)36-7-3)16(4)31-28(32)38-22/h1,8-11,13-15,24H,6-7,12H2,2-4H3/b22-14-/t24-/m0/s1. The predicted octanol–water partition coefficient (Wildman–Crippen LogP) is 4.52. The molecule has 0 saturated heterocycles. The number of fused-ring (bicyclic) bond motifs is 1. The van der Waals surface area contributed by atoms with E-state index in [0.717, 1.165) is 0 Å². The molecule has 1 atom stereocenters. The van der Waals surface area contributed by atoms with Crippen LogP contribution in [0.1, 0.15) is 37.9 Å². The Morgan fingerprint density at radius 3 is 2.58 bits per heavy atom. The number of terminal acetylenes is 1. The molecule has 0 radical (unpaired) electrons. The van der Waals surface area contributed by atoms with Crippen molar-refractivity contribution in [3.63, 3.8) is 0 Å². The number of aromatic nitrogens is 1. The van der Waals surface area contributed by atoms with Gasteiger partial charge in [-0.3, -0.25) is 9.36 Å². The van der Waals surface area contributed by atoms with Gasteiger partial charge in [-0.25, -0.2) is 9.79 Å². The van der Waals surface area contributed by atoms with E-state index >= 15 is 0 Å². The zero-order valence-corrected chi connectivity index (χ0v) is 23.2. The average Bonchev–Trinajstić information content (AvgIpc) is 3.17. The smallest absolute Gasteiger partial charge is 0.338 e. The number of thiazole rings is 1. The Morgan fingerprint density at radius 2 is 1.92 bits per heavy atom. The minimum atomic E-state index is -0.747. The highest BCUT2D eigenvalue weighted by Gasteiger charge is 2.33. The van der Waals surface area contributed by atoms with Crippen LogP contribution in [0.15, 0.2) is 57.5 Å². The third-order valence-corrected chi connectivity index (χ3v) is 7.13. The lowest BCUT2D eigenvalue weighted by Gasteiger charge is -2.24. The molecular weight excluding hydrogens is 547 g/mol. The van der Waals surface area contributed by atoms with Crippen LogP contribution in [-0.2, 0) is 9.53 Å². The van der Waals surface area contributed by atoms with Gasteiger partial charge in [0.2, 0.25) is 0 Å². The van der Waals surface area contributed by atoms with Gasteiger partial charge in [0, 0.05) is 10.6 Å². The molecule has 0 amide bonds. The summed E-state index contributed by atoms with van der Waals surface area (Å²) in [6.45, 7) is 6.04. The molecule has 0 fully saturated rings. The summed E-state index contributed by atoms with van der Waals surface area (Å²) in [6.07, 6.45) is 6.98. The van der Waals surface area contributed by atoms with Crippen molar-refractivity contribution in [3.8, 4) is 23.8 Å². The van der Waals surface area contributed by atoms with Crippen LogP contribution in [0.25, 0.3) is 6.08 Å². The van der Waals surface area contributed by atoms with E-state index in [4.69, 9.17) is 43.8 Å². The average molecular weight is 571 g/mol. The fourth-order valence-corrected chi connectivity index (χ4v) is 5.72. The molecule has 0 N–H and O–H groups in total. The van der Waals surface area contributed by atoms with Crippen LogP contribution in [0, 0.1) is 12.3 Å². The number of allylic oxidation sites excluding steroid dienone is 1. The number of carbonyl (C=O) groups excluding carboxylic acids is 1. The Labute approximate surface area is 233 Å². The largest absolute Gasteiger partial charge is 0.494 e. The molecule has 7 nitrogen and oxygen atoms in total. The molecular formula is C28H24Cl2N2O5S. The van der Waals surface area contributed by atoms with Crippen molar-refractivity contribution in [3.05, 3.63) is 88.5 Å². The zero-order chi connectivity index (χ0) is 27.4. The third-order valence-electron chi connectivity index (χ3n) is 5.65. The van der Waals surface area contributed by atoms with Crippen LogP contribution in [0.4, 0.5) is 0 Å². The van der Waals surface area contributed by atoms with E-state index in [1.54, 1.807) is 38.1 Å². The highest BCUT2D eigenvalue weighted by atomic mass is 35.5. The molecule has 4 rings (SSSR count). The second-order valence-electron chi connectivity index (χ2n) is 8.10. The van der Waals surface area contributed by atoms with Crippen molar-refractivity contribution in [2.75, 3.05) is 19.8 Å². The van der Waals surface area contributed by atoms with E-state index in [1.165, 1.54) is 22.0 Å². The normalized spacial score (nSPS) is 14.9. The van der Waals surface area contributed by atoms with E-state index in [-0.39, 0.29) is 23.8 Å². The molecule has 1 aromatic heterocycles. The van der Waals surface area contributed by atoms with Gasteiger partial charge in [0.05, 0.1) is 40.1 Å². The minimum absolute atomic E-state index is 0.0106. The lowest BCUT2D eigenvalue weighted by Crippen LogP contribution is -2.39. The number of carbonyl (C=O) groups is 1. The quantitative estimate of drug-likeness (QED) is 0.294. The van der Waals surface area contributed by atoms with Gasteiger partial charge < -0.3 is 14.2 Å². The number of hydrogen-bond donors (Lipinski definition) is 0. The fraction of sp³-hybridized carbons (Fsp3) is 0.250. The van der Waals surface area contributed by atoms with Crippen LogP contribution in [0.5, 0.6) is 11.5 Å². The second-order valence-corrected chi connectivity index (χ2v) is 9.96. The monoisotopic (exact) mass is 570 g/mol. The molecule has 38 heavy (non-hydrogen) atoms. The van der Waals surface area contributed by atoms with Gasteiger partial charge in [0.15, 0.2) is 4.80 Å². The van der Waals surface area contributed by atoms with E-state index in [0.29, 0.717) is 54.9 Å². The summed E-state index contributed by atoms with van der Waals surface area (Å²) in [6, 6.07) is 9.68. The summed E-state index contributed by atoms with van der Waals surface area (Å²) in [5, 5.41) is 0.634. The second kappa shape index (κ2) is 11.9. The number of benzene rings is 2. The Balaban J connectivity index is 1.94. The highest BCUT2D eigenvalue weighted by molar-refractivity contribution is 7.07. The van der Waals surface area contributed by atoms with Crippen LogP contribution < -0.4 is 24.4 Å². The van der Waals surface area contributed by atoms with Gasteiger partial charge >= 0.3 is 5.97 Å². The van der Waals surface area contributed by atoms with Crippen LogP contribution >= 0.6 is 34.5 Å². The Hall–Kier alpha value is -3.51. The molecule has 2 heterocycles. The van der Waals surface area contributed by atoms with Gasteiger partial charge in [-0.15, -0.1) is 6.42 Å². The molecule has 0 unspecified atom stereocenters. The van der Waals surface area contributed by atoms with E-state index < -0.39 is 12.0 Å². The SMILES string of the molecule is C#CCOc1c(Cl)cc(Cl)cc1/C=c1\sc2n(c1=O)[C@@H](c1ccc(OCC)cc1)C(C(=O)OCC)=C(C)N=2. The summed E-state index contributed by atoms with van der Waals surface area (Å²) in [7, 11) is 0. The van der Waals surface area contributed by atoms with E-state index in [9.17, 15) is 9.59 Å². The molecule has 1 aliphatic heterocycles. The number of ether oxygens (including phenoxy) is 3. The summed E-state index contributed by atoms with van der Waals surface area (Å²) < 4.78 is 18.4. The summed E-state index contributed by atoms with van der Waals surface area (Å²) >= 11 is 13.8. The van der Waals surface area contributed by atoms with Gasteiger partial charge in [0.25, 0.3) is 5.56 Å². The Bertz CT molecular complexity index is 1630. The molecule has 196 valence electrons. The molecule has 0 saturated carbocycles. The molecule has 2 aromatic carbocycles. The first kappa shape index (κ1) is 27.5. The first-order valence-electron chi connectivity index (χ1n) is 11.8. The van der Waals surface area contributed by atoms with Crippen LogP contribution in [0.3, 0.4) is 0 Å². The van der Waals surface area contributed by atoms with Crippen LogP contribution in [-0.4, -0.2) is 30.4 Å². The minimum Gasteiger partial charge on any atom is -0.494 e. The molecule has 1 aliphatic rings. The molecule has 10 heteroatoms.